The molecular formula is C25H30F3N3O4Si. The molecule has 1 atom stereocenters. The van der Waals surface area contributed by atoms with Gasteiger partial charge in [-0.1, -0.05) is 31.8 Å². The molecule has 0 saturated carbocycles. The summed E-state index contributed by atoms with van der Waals surface area (Å²) in [6, 6.07) is 11.2. The summed E-state index contributed by atoms with van der Waals surface area (Å²) in [5, 5.41) is 0.720. The van der Waals surface area contributed by atoms with Crippen molar-refractivity contribution in [2.24, 2.45) is 0 Å². The number of aromatic nitrogens is 2. The maximum Gasteiger partial charge on any atom is 0.425 e. The Bertz CT molecular complexity index is 1240. The van der Waals surface area contributed by atoms with E-state index in [0.717, 1.165) is 11.4 Å². The van der Waals surface area contributed by atoms with Crippen LogP contribution in [0.2, 0.25) is 25.7 Å². The zero-order chi connectivity index (χ0) is 26.1. The molecule has 7 nitrogen and oxygen atoms in total. The van der Waals surface area contributed by atoms with E-state index in [1.165, 1.54) is 7.11 Å². The molecule has 1 aromatic carbocycles. The number of nitrogens with zero attached hydrogens (tertiary/aromatic N) is 3. The van der Waals surface area contributed by atoms with Crippen molar-refractivity contribution in [3.63, 3.8) is 0 Å². The van der Waals surface area contributed by atoms with Gasteiger partial charge in [0.25, 0.3) is 0 Å². The van der Waals surface area contributed by atoms with Crippen LogP contribution in [0.25, 0.3) is 11.0 Å². The van der Waals surface area contributed by atoms with Gasteiger partial charge in [0, 0.05) is 39.2 Å². The molecule has 0 saturated heterocycles. The van der Waals surface area contributed by atoms with Crippen LogP contribution in [0.3, 0.4) is 0 Å². The molecule has 0 radical (unpaired) electrons. The molecule has 3 aromatic rings. The molecule has 1 aliphatic rings. The van der Waals surface area contributed by atoms with E-state index in [-0.39, 0.29) is 31.1 Å². The zero-order valence-electron chi connectivity index (χ0n) is 20.8. The van der Waals surface area contributed by atoms with Gasteiger partial charge in [0.15, 0.2) is 6.10 Å². The second kappa shape index (κ2) is 10.1. The van der Waals surface area contributed by atoms with Crippen LogP contribution >= 0.6 is 0 Å². The van der Waals surface area contributed by atoms with Crippen molar-refractivity contribution in [3.8, 4) is 5.88 Å². The molecule has 1 unspecified atom stereocenters. The second-order valence-corrected chi connectivity index (χ2v) is 15.6. The Balaban J connectivity index is 1.75. The van der Waals surface area contributed by atoms with Crippen LogP contribution in [0, 0.1) is 0 Å². The van der Waals surface area contributed by atoms with Gasteiger partial charge in [-0.25, -0.2) is 4.79 Å². The van der Waals surface area contributed by atoms with Crippen LogP contribution in [0.1, 0.15) is 16.8 Å². The van der Waals surface area contributed by atoms with Crippen LogP contribution < -0.4 is 9.64 Å². The fourth-order valence-corrected chi connectivity index (χ4v) is 4.80. The van der Waals surface area contributed by atoms with Gasteiger partial charge in [-0.3, -0.25) is 0 Å². The van der Waals surface area contributed by atoms with E-state index in [1.807, 2.05) is 6.07 Å². The molecule has 11 heteroatoms. The summed E-state index contributed by atoms with van der Waals surface area (Å²) in [5.74, 6) is -0.732. The molecule has 194 valence electrons. The number of anilines is 2. The standard InChI is InChI=1S/C25H30F3N3O4Si/c1-33-24(32)18-7-5-6-8-19(18)31-12-10-21(25(26,27)28)35-23-20(31)15-17-9-11-30(22(17)29-23)16-34-13-14-36(2,3)4/h5-9,11,15,21H,10,12-14,16H2,1-4H3. The third-order valence-electron chi connectivity index (χ3n) is 6.03. The summed E-state index contributed by atoms with van der Waals surface area (Å²) in [4.78, 5) is 18.6. The van der Waals surface area contributed by atoms with Gasteiger partial charge in [-0.2, -0.15) is 18.2 Å². The first-order valence-electron chi connectivity index (χ1n) is 11.7. The molecule has 3 heterocycles. The molecule has 0 amide bonds. The molecule has 4 rings (SSSR count). The van der Waals surface area contributed by atoms with Gasteiger partial charge in [0.05, 0.1) is 18.4 Å². The van der Waals surface area contributed by atoms with E-state index in [1.54, 1.807) is 46.0 Å². The molecule has 0 bridgehead atoms. The smallest absolute Gasteiger partial charge is 0.425 e. The normalized spacial score (nSPS) is 16.4. The summed E-state index contributed by atoms with van der Waals surface area (Å²) >= 11 is 0. The van der Waals surface area contributed by atoms with Crippen molar-refractivity contribution in [1.29, 1.82) is 0 Å². The van der Waals surface area contributed by atoms with Gasteiger partial charge in [0.1, 0.15) is 18.1 Å². The fourth-order valence-electron chi connectivity index (χ4n) is 4.04. The van der Waals surface area contributed by atoms with E-state index in [9.17, 15) is 18.0 Å². The van der Waals surface area contributed by atoms with Crippen molar-refractivity contribution in [2.75, 3.05) is 25.2 Å². The highest BCUT2D eigenvalue weighted by Gasteiger charge is 2.44. The Morgan fingerprint density at radius 2 is 1.94 bits per heavy atom. The lowest BCUT2D eigenvalue weighted by Crippen LogP contribution is -2.35. The van der Waals surface area contributed by atoms with Crippen molar-refractivity contribution in [2.45, 2.75) is 51.1 Å². The number of hydrogen-bond acceptors (Lipinski definition) is 6. The average molecular weight is 522 g/mol. The number of carbonyl (C=O) groups is 1. The van der Waals surface area contributed by atoms with E-state index in [4.69, 9.17) is 14.2 Å². The van der Waals surface area contributed by atoms with Crippen molar-refractivity contribution in [3.05, 3.63) is 48.2 Å². The maximum atomic E-state index is 13.8. The number of para-hydroxylation sites is 1. The number of alkyl halides is 3. The van der Waals surface area contributed by atoms with Crippen LogP contribution in [0.15, 0.2) is 42.6 Å². The second-order valence-electron chi connectivity index (χ2n) is 9.96. The van der Waals surface area contributed by atoms with Gasteiger partial charge in [0.2, 0.25) is 5.88 Å². The van der Waals surface area contributed by atoms with E-state index in [2.05, 4.69) is 24.6 Å². The number of rotatable bonds is 7. The Labute approximate surface area is 208 Å². The number of carbonyl (C=O) groups excluding carboxylic acids is 1. The minimum atomic E-state index is -4.58. The molecular weight excluding hydrogens is 491 g/mol. The van der Waals surface area contributed by atoms with Crippen LogP contribution in [0.4, 0.5) is 24.5 Å². The first kappa shape index (κ1) is 26.0. The molecule has 0 aliphatic carbocycles. The first-order chi connectivity index (χ1) is 17.0. The van der Waals surface area contributed by atoms with E-state index >= 15 is 0 Å². The molecule has 0 fully saturated rings. The summed E-state index contributed by atoms with van der Waals surface area (Å²) in [6.07, 6.45) is -5.15. The number of hydrogen-bond donors (Lipinski definition) is 0. The number of pyridine rings is 1. The largest absolute Gasteiger partial charge is 0.465 e. The molecule has 0 N–H and O–H groups in total. The Morgan fingerprint density at radius 1 is 1.19 bits per heavy atom. The SMILES string of the molecule is COC(=O)c1ccccc1N1CCC(C(F)(F)F)Oc2nc3c(ccn3COCC[Si](C)(C)C)cc21. The third-order valence-corrected chi connectivity index (χ3v) is 7.74. The number of methoxy groups -OCH3 is 1. The van der Waals surface area contributed by atoms with Gasteiger partial charge in [-0.15, -0.1) is 0 Å². The minimum absolute atomic E-state index is 0.0289. The van der Waals surface area contributed by atoms with Crippen molar-refractivity contribution in [1.82, 2.24) is 9.55 Å². The van der Waals surface area contributed by atoms with Crippen molar-refractivity contribution < 1.29 is 32.2 Å². The fraction of sp³-hybridized carbons (Fsp3) is 0.440. The number of benzene rings is 1. The van der Waals surface area contributed by atoms with Gasteiger partial charge in [-0.05, 0) is 30.3 Å². The molecule has 1 aliphatic heterocycles. The monoisotopic (exact) mass is 521 g/mol. The van der Waals surface area contributed by atoms with Crippen molar-refractivity contribution >= 4 is 36.5 Å². The van der Waals surface area contributed by atoms with Crippen LogP contribution in [0.5, 0.6) is 5.88 Å². The van der Waals surface area contributed by atoms with Crippen LogP contribution in [-0.4, -0.2) is 56.1 Å². The first-order valence-corrected chi connectivity index (χ1v) is 15.4. The topological polar surface area (TPSA) is 65.8 Å². The Morgan fingerprint density at radius 3 is 2.64 bits per heavy atom. The highest BCUT2D eigenvalue weighted by molar-refractivity contribution is 6.76. The summed E-state index contributed by atoms with van der Waals surface area (Å²) in [7, 11) is 0.00760. The summed E-state index contributed by atoms with van der Waals surface area (Å²) in [6.45, 7) is 7.59. The number of halogens is 3. The van der Waals surface area contributed by atoms with Crippen LogP contribution in [-0.2, 0) is 16.2 Å². The number of fused-ring (bicyclic) bond motifs is 2. The lowest BCUT2D eigenvalue weighted by Gasteiger charge is -2.25. The van der Waals surface area contributed by atoms with Gasteiger partial charge < -0.3 is 23.7 Å². The molecule has 0 spiro atoms. The highest BCUT2D eigenvalue weighted by atomic mass is 28.3. The van der Waals surface area contributed by atoms with E-state index in [0.29, 0.717) is 23.6 Å². The predicted molar refractivity (Wildman–Crippen MR) is 134 cm³/mol. The quantitative estimate of drug-likeness (QED) is 0.216. The summed E-state index contributed by atoms with van der Waals surface area (Å²) in [5.41, 5.74) is 1.48. The van der Waals surface area contributed by atoms with E-state index < -0.39 is 26.3 Å². The minimum Gasteiger partial charge on any atom is -0.465 e. The maximum absolute atomic E-state index is 13.8. The molecule has 36 heavy (non-hydrogen) atoms. The number of esters is 1. The zero-order valence-corrected chi connectivity index (χ0v) is 21.8. The lowest BCUT2D eigenvalue weighted by atomic mass is 10.1. The average Bonchev–Trinajstić information content (AvgIpc) is 3.10. The Hall–Kier alpha value is -3.05. The third kappa shape index (κ3) is 5.67. The molecule has 2 aromatic heterocycles. The lowest BCUT2D eigenvalue weighted by molar-refractivity contribution is -0.195. The number of ether oxygens (including phenoxy) is 3. The summed E-state index contributed by atoms with van der Waals surface area (Å²) < 4.78 is 59.3. The predicted octanol–water partition coefficient (Wildman–Crippen LogP) is 5.99. The Kier molecular flexibility index (Phi) is 7.33. The highest BCUT2D eigenvalue weighted by Crippen LogP contribution is 2.42. The van der Waals surface area contributed by atoms with Gasteiger partial charge >= 0.3 is 12.1 Å².